The number of nitrogens with one attached hydrogen (secondary N) is 2. The van der Waals surface area contributed by atoms with E-state index in [0.29, 0.717) is 0 Å². The number of hydrogen-bond donors (Lipinski definition) is 4. The van der Waals surface area contributed by atoms with Crippen LogP contribution in [0.15, 0.2) is 34.1 Å². The molecule has 0 unspecified atom stereocenters. The van der Waals surface area contributed by atoms with Crippen molar-refractivity contribution in [3.05, 3.63) is 57.0 Å². The zero-order chi connectivity index (χ0) is 13.7. The van der Waals surface area contributed by atoms with Crippen molar-refractivity contribution in [2.45, 2.75) is 0 Å². The first-order chi connectivity index (χ1) is 8.40. The molecule has 16 heteroatoms. The van der Waals surface area contributed by atoms with Crippen molar-refractivity contribution < 1.29 is 53.1 Å². The number of nitrogens with zero attached hydrogens (tertiary/aromatic N) is 4. The molecule has 18 N–H and O–H groups in total. The van der Waals surface area contributed by atoms with Gasteiger partial charge in [-0.25, -0.2) is 0 Å². The van der Waals surface area contributed by atoms with Gasteiger partial charge >= 0.3 is 42.1 Å². The van der Waals surface area contributed by atoms with Crippen molar-refractivity contribution in [3.63, 3.8) is 0 Å². The van der Waals surface area contributed by atoms with E-state index < -0.39 is 0 Å². The number of aromatic nitrogens is 4. The molecule has 0 aliphatic rings. The van der Waals surface area contributed by atoms with Gasteiger partial charge in [0.1, 0.15) is 0 Å². The summed E-state index contributed by atoms with van der Waals surface area (Å²) in [5, 5.41) is 0. The van der Waals surface area contributed by atoms with Crippen LogP contribution < -0.4 is 36.0 Å². The van der Waals surface area contributed by atoms with Crippen LogP contribution in [0.3, 0.4) is 0 Å². The van der Waals surface area contributed by atoms with Gasteiger partial charge in [0.2, 0.25) is 11.4 Å². The summed E-state index contributed by atoms with van der Waals surface area (Å²) in [6.07, 6.45) is 3.02. The van der Waals surface area contributed by atoms with Crippen LogP contribution in [0.5, 0.6) is 0 Å². The minimum atomic E-state index is -0.387. The molecule has 160 valence electrons. The van der Waals surface area contributed by atoms with Gasteiger partial charge in [-0.3, -0.25) is 9.59 Å². The largest absolute Gasteiger partial charge is 2.00 e. The second-order valence-corrected chi connectivity index (χ2v) is 3.41. The average Bonchev–Trinajstić information content (AvgIpc) is 2.30. The van der Waals surface area contributed by atoms with Gasteiger partial charge in [0, 0.05) is 26.5 Å². The van der Waals surface area contributed by atoms with Crippen molar-refractivity contribution in [2.75, 3.05) is 0 Å². The Balaban J connectivity index is -0.0000000318. The molecule has 26 heavy (non-hydrogen) atoms. The Kier molecular flexibility index (Phi) is 44.9. The van der Waals surface area contributed by atoms with Crippen LogP contribution in [0.1, 0.15) is 0 Å². The van der Waals surface area contributed by atoms with E-state index in [2.05, 4.69) is 9.97 Å². The molecule has 2 heterocycles. The molecule has 0 spiro atoms. The molecular formula is C10H28N10O4Pt2+2. The van der Waals surface area contributed by atoms with E-state index >= 15 is 0 Å². The molecule has 0 radical (unpaired) electrons. The van der Waals surface area contributed by atoms with Gasteiger partial charge in [-0.1, -0.05) is 11.6 Å². The molecule has 0 atom stereocenters. The van der Waals surface area contributed by atoms with Crippen LogP contribution in [0.4, 0.5) is 11.6 Å². The number of rotatable bonds is 0. The van der Waals surface area contributed by atoms with Crippen molar-refractivity contribution in [1.82, 2.24) is 43.7 Å². The topological polar surface area (TPSA) is 320 Å². The fourth-order valence-corrected chi connectivity index (χ4v) is 0.931. The maximum atomic E-state index is 10.6. The number of aryl methyl sites for hydroxylation is 2. The molecule has 0 aliphatic heterocycles. The molecule has 0 aliphatic carbocycles. The fraction of sp³-hybridized carbons (Fsp3) is 0.200. The first-order valence-corrected chi connectivity index (χ1v) is 4.90. The Hall–Kier alpha value is -1.50. The van der Waals surface area contributed by atoms with Gasteiger partial charge < -0.3 is 66.1 Å². The maximum absolute atomic E-state index is 10.6. The summed E-state index contributed by atoms with van der Waals surface area (Å²) in [4.78, 5) is 27.8. The van der Waals surface area contributed by atoms with E-state index in [-0.39, 0.29) is 101 Å². The Morgan fingerprint density at radius 3 is 1.12 bits per heavy atom. The van der Waals surface area contributed by atoms with E-state index in [1.807, 2.05) is 0 Å². The molecule has 0 saturated heterocycles. The third-order valence-corrected chi connectivity index (χ3v) is 1.95. The second-order valence-electron chi connectivity index (χ2n) is 3.41. The molecule has 2 rings (SSSR count). The predicted octanol–water partition coefficient (Wildman–Crippen LogP) is -0.0784. The van der Waals surface area contributed by atoms with E-state index in [1.54, 1.807) is 14.1 Å². The van der Waals surface area contributed by atoms with Crippen LogP contribution in [-0.2, 0) is 56.2 Å². The molecule has 2 aromatic rings. The smallest absolute Gasteiger partial charge is 0.482 e. The first kappa shape index (κ1) is 49.7. The molecule has 14 nitrogen and oxygen atoms in total. The fourth-order valence-electron chi connectivity index (χ4n) is 0.931. The van der Waals surface area contributed by atoms with Gasteiger partial charge in [-0.15, -0.1) is 0 Å². The molecule has 2 aromatic heterocycles. The van der Waals surface area contributed by atoms with Crippen LogP contribution >= 0.6 is 0 Å². The van der Waals surface area contributed by atoms with Gasteiger partial charge in [0.15, 0.2) is 0 Å². The third kappa shape index (κ3) is 17.3. The molecule has 0 fully saturated rings. The van der Waals surface area contributed by atoms with Crippen molar-refractivity contribution in [3.8, 4) is 0 Å². The predicted molar refractivity (Wildman–Crippen MR) is 94.2 cm³/mol. The minimum Gasteiger partial charge on any atom is -0.482 e. The van der Waals surface area contributed by atoms with E-state index in [0.717, 1.165) is 0 Å². The second kappa shape index (κ2) is 23.5. The van der Waals surface area contributed by atoms with Crippen LogP contribution in [0, 0.1) is 0 Å². The van der Waals surface area contributed by atoms with Crippen molar-refractivity contribution >= 4 is 11.6 Å². The zero-order valence-electron chi connectivity index (χ0n) is 14.4. The Morgan fingerprint density at radius 1 is 0.731 bits per heavy atom. The molecule has 0 amide bonds. The normalized spacial score (nSPS) is 6.54. The summed E-state index contributed by atoms with van der Waals surface area (Å²) < 4.78 is 2.64. The quantitative estimate of drug-likeness (QED) is 0.282. The molecule has 0 aromatic carbocycles. The van der Waals surface area contributed by atoms with E-state index in [9.17, 15) is 9.59 Å². The summed E-state index contributed by atoms with van der Waals surface area (Å²) in [6.45, 7) is 0. The van der Waals surface area contributed by atoms with Gasteiger partial charge in [-0.2, -0.15) is 0 Å². The third-order valence-electron chi connectivity index (χ3n) is 1.95. The van der Waals surface area contributed by atoms with Crippen LogP contribution in [0.25, 0.3) is 11.5 Å². The Morgan fingerprint density at radius 2 is 0.962 bits per heavy atom. The average molecular weight is 743 g/mol. The summed E-state index contributed by atoms with van der Waals surface area (Å²) in [5.74, 6) is 0.0243. The van der Waals surface area contributed by atoms with Crippen LogP contribution in [-0.4, -0.2) is 30.1 Å². The summed E-state index contributed by atoms with van der Waals surface area (Å²) in [6, 6.07) is 2.92. The molecule has 0 saturated carbocycles. The monoisotopic (exact) mass is 742 g/mol. The standard InChI is InChI=1S/2C5H7N3O.4H3N.2H2O.2Pt/c2*1-8-3-2-4(6)7-5(8)9;;;;;;;;/h2*2-3H,1H3,(H2,6,7,9);4*1H3;2*1H2;;/q;;;;;;;;2*+2/p-2. The van der Waals surface area contributed by atoms with Crippen molar-refractivity contribution in [1.29, 1.82) is 0 Å². The van der Waals surface area contributed by atoms with Crippen LogP contribution in [0.2, 0.25) is 0 Å². The first-order valence-electron chi connectivity index (χ1n) is 4.90. The molecular weight excluding hydrogens is 714 g/mol. The van der Waals surface area contributed by atoms with Gasteiger partial charge in [-0.05, 0) is 12.1 Å². The Labute approximate surface area is 179 Å². The van der Waals surface area contributed by atoms with Gasteiger partial charge in [0.05, 0.1) is 0 Å². The summed E-state index contributed by atoms with van der Waals surface area (Å²) in [7, 11) is 3.18. The zero-order valence-corrected chi connectivity index (χ0v) is 18.9. The molecule has 0 bridgehead atoms. The van der Waals surface area contributed by atoms with Gasteiger partial charge in [0.25, 0.3) is 0 Å². The minimum absolute atomic E-state index is 0. The van der Waals surface area contributed by atoms with Crippen molar-refractivity contribution in [2.24, 2.45) is 14.1 Å². The number of hydrogen-bond acceptors (Lipinski definition) is 8. The van der Waals surface area contributed by atoms with E-state index in [4.69, 9.17) is 11.5 Å². The maximum Gasteiger partial charge on any atom is 2.00 e. The SMILES string of the molecule is Cn1ccc([NH-])nc1=O.Cn1ccc([NH-])nc1=O.N.N.N.N.O.O.[Pt+2].[Pt+2]. The summed E-state index contributed by atoms with van der Waals surface area (Å²) >= 11 is 0. The Bertz CT molecular complexity index is 609. The summed E-state index contributed by atoms with van der Waals surface area (Å²) in [5.41, 5.74) is 13.0. The van der Waals surface area contributed by atoms with E-state index in [1.165, 1.54) is 33.7 Å².